The van der Waals surface area contributed by atoms with Gasteiger partial charge in [0.1, 0.15) is 5.56 Å². The number of aromatic nitrogens is 1. The molecule has 0 saturated heterocycles. The van der Waals surface area contributed by atoms with Crippen LogP contribution in [0.2, 0.25) is 0 Å². The van der Waals surface area contributed by atoms with Crippen molar-refractivity contribution < 1.29 is 33.2 Å². The monoisotopic (exact) mass is 498 g/mol. The number of hydrogen-bond acceptors (Lipinski definition) is 8. The zero-order valence-electron chi connectivity index (χ0n) is 22.0. The van der Waals surface area contributed by atoms with Gasteiger partial charge >= 0.3 is 5.97 Å². The molecule has 0 radical (unpaired) electrons. The number of fused-ring (bicyclic) bond motifs is 1. The van der Waals surface area contributed by atoms with E-state index in [1.807, 2.05) is 19.9 Å². The highest BCUT2D eigenvalue weighted by atomic mass is 16.5. The predicted octanol–water partition coefficient (Wildman–Crippen LogP) is 4.19. The van der Waals surface area contributed by atoms with E-state index in [-0.39, 0.29) is 18.7 Å². The molecule has 3 rings (SSSR count). The lowest BCUT2D eigenvalue weighted by molar-refractivity contribution is -0.587. The third-order valence-electron chi connectivity index (χ3n) is 6.19. The number of pyridine rings is 1. The van der Waals surface area contributed by atoms with Crippen molar-refractivity contribution in [3.63, 3.8) is 0 Å². The molecule has 0 aliphatic heterocycles. The molecule has 0 aliphatic rings. The molecule has 3 aromatic rings. The minimum absolute atomic E-state index is 0.164. The summed E-state index contributed by atoms with van der Waals surface area (Å²) >= 11 is 0. The van der Waals surface area contributed by atoms with Crippen LogP contribution in [0.25, 0.3) is 22.0 Å². The maximum Gasteiger partial charge on any atom is 0.345 e. The minimum atomic E-state index is -0.578. The molecular weight excluding hydrogens is 464 g/mol. The van der Waals surface area contributed by atoms with Gasteiger partial charge in [-0.3, -0.25) is 4.90 Å². The molecule has 0 unspecified atom stereocenters. The molecule has 0 atom stereocenters. The summed E-state index contributed by atoms with van der Waals surface area (Å²) in [6, 6.07) is 8.71. The summed E-state index contributed by atoms with van der Waals surface area (Å²) in [6.45, 7) is 7.58. The van der Waals surface area contributed by atoms with Crippen LogP contribution in [0.5, 0.6) is 23.0 Å². The van der Waals surface area contributed by atoms with Gasteiger partial charge in [-0.15, -0.1) is 0 Å². The summed E-state index contributed by atoms with van der Waals surface area (Å²) in [5, 5.41) is 14.4. The number of hydrogen-bond donors (Lipinski definition) is 0. The summed E-state index contributed by atoms with van der Waals surface area (Å²) in [5.74, 6) is 1.29. The van der Waals surface area contributed by atoms with Gasteiger partial charge in [-0.05, 0) is 43.8 Å². The van der Waals surface area contributed by atoms with E-state index in [4.69, 9.17) is 23.7 Å². The first-order valence-corrected chi connectivity index (χ1v) is 11.8. The van der Waals surface area contributed by atoms with Gasteiger partial charge in [-0.1, -0.05) is 19.9 Å². The van der Waals surface area contributed by atoms with Crippen molar-refractivity contribution in [1.29, 1.82) is 0 Å². The van der Waals surface area contributed by atoms with Crippen LogP contribution in [0.3, 0.4) is 0 Å². The maximum absolute atomic E-state index is 13.8. The van der Waals surface area contributed by atoms with Crippen molar-refractivity contribution in [2.75, 3.05) is 48.1 Å². The van der Waals surface area contributed by atoms with E-state index < -0.39 is 5.97 Å². The van der Waals surface area contributed by atoms with Gasteiger partial charge in [-0.25, -0.2) is 4.79 Å². The molecule has 0 bridgehead atoms. The zero-order chi connectivity index (χ0) is 26.4. The topological polar surface area (TPSA) is 93.4 Å². The van der Waals surface area contributed by atoms with Crippen LogP contribution in [-0.2, 0) is 11.3 Å². The normalized spacial score (nSPS) is 11.0. The maximum atomic E-state index is 13.8. The van der Waals surface area contributed by atoms with Gasteiger partial charge in [-0.2, -0.15) is 4.73 Å². The Morgan fingerprint density at radius 1 is 0.861 bits per heavy atom. The molecule has 9 nitrogen and oxygen atoms in total. The third-order valence-corrected chi connectivity index (χ3v) is 6.19. The molecule has 0 aliphatic carbocycles. The van der Waals surface area contributed by atoms with Crippen LogP contribution in [0.15, 0.2) is 30.3 Å². The molecular formula is C27H34N2O7. The lowest BCUT2D eigenvalue weighted by Crippen LogP contribution is -2.40. The van der Waals surface area contributed by atoms with Gasteiger partial charge in [0.2, 0.25) is 11.2 Å². The fraction of sp³-hybridized carbons (Fsp3) is 0.407. The molecule has 1 heterocycles. The summed E-state index contributed by atoms with van der Waals surface area (Å²) < 4.78 is 28.2. The highest BCUT2D eigenvalue weighted by Gasteiger charge is 2.32. The first-order valence-electron chi connectivity index (χ1n) is 11.8. The standard InChI is InChI=1S/C27H34N2O7/c1-8-28(9-2)16-20-26(27(30)36-10-3)25(17-11-12-21(32-4)22(13-17)33-5)18-14-23(34-6)24(35-7)15-19(18)29(20)31/h11-15H,8-10,16H2,1-7H3. The van der Waals surface area contributed by atoms with E-state index >= 15 is 0 Å². The second-order valence-electron chi connectivity index (χ2n) is 7.97. The Balaban J connectivity index is 2.55. The molecule has 0 spiro atoms. The molecule has 36 heavy (non-hydrogen) atoms. The predicted molar refractivity (Wildman–Crippen MR) is 137 cm³/mol. The first-order chi connectivity index (χ1) is 17.4. The summed E-state index contributed by atoms with van der Waals surface area (Å²) in [5.41, 5.74) is 2.04. The van der Waals surface area contributed by atoms with Crippen LogP contribution in [0, 0.1) is 5.21 Å². The van der Waals surface area contributed by atoms with E-state index in [1.54, 1.807) is 45.4 Å². The average molecular weight is 499 g/mol. The van der Waals surface area contributed by atoms with E-state index in [9.17, 15) is 10.0 Å². The van der Waals surface area contributed by atoms with Crippen molar-refractivity contribution in [3.05, 3.63) is 46.8 Å². The Kier molecular flexibility index (Phi) is 8.82. The fourth-order valence-electron chi connectivity index (χ4n) is 4.28. The van der Waals surface area contributed by atoms with Crippen molar-refractivity contribution in [2.45, 2.75) is 27.3 Å². The van der Waals surface area contributed by atoms with Crippen molar-refractivity contribution in [3.8, 4) is 34.1 Å². The van der Waals surface area contributed by atoms with E-state index in [1.165, 1.54) is 14.2 Å². The van der Waals surface area contributed by atoms with E-state index in [2.05, 4.69) is 4.90 Å². The largest absolute Gasteiger partial charge is 0.618 e. The number of ether oxygens (including phenoxy) is 5. The molecule has 1 aromatic heterocycles. The second-order valence-corrected chi connectivity index (χ2v) is 7.97. The Morgan fingerprint density at radius 2 is 1.44 bits per heavy atom. The van der Waals surface area contributed by atoms with E-state index in [0.29, 0.717) is 63.8 Å². The number of methoxy groups -OCH3 is 4. The fourth-order valence-corrected chi connectivity index (χ4v) is 4.28. The van der Waals surface area contributed by atoms with Crippen LogP contribution < -0.4 is 23.7 Å². The first kappa shape index (κ1) is 26.9. The highest BCUT2D eigenvalue weighted by Crippen LogP contribution is 2.41. The molecule has 0 fully saturated rings. The molecule has 2 aromatic carbocycles. The summed E-state index contributed by atoms with van der Waals surface area (Å²) in [4.78, 5) is 15.5. The molecule has 0 N–H and O–H groups in total. The van der Waals surface area contributed by atoms with Crippen LogP contribution in [0.1, 0.15) is 36.8 Å². The smallest absolute Gasteiger partial charge is 0.345 e. The average Bonchev–Trinajstić information content (AvgIpc) is 2.91. The van der Waals surface area contributed by atoms with Crippen molar-refractivity contribution in [2.24, 2.45) is 0 Å². The van der Waals surface area contributed by atoms with Gasteiger partial charge in [0.25, 0.3) is 0 Å². The quantitative estimate of drug-likeness (QED) is 0.221. The third kappa shape index (κ3) is 4.97. The van der Waals surface area contributed by atoms with Gasteiger partial charge in [0.05, 0.1) is 53.0 Å². The van der Waals surface area contributed by atoms with Crippen molar-refractivity contribution >= 4 is 16.9 Å². The van der Waals surface area contributed by atoms with Crippen LogP contribution in [-0.4, -0.2) is 59.0 Å². The van der Waals surface area contributed by atoms with Crippen molar-refractivity contribution in [1.82, 2.24) is 4.90 Å². The summed E-state index contributed by atoms with van der Waals surface area (Å²) in [7, 11) is 6.13. The number of esters is 1. The summed E-state index contributed by atoms with van der Waals surface area (Å²) in [6.07, 6.45) is 0. The van der Waals surface area contributed by atoms with Crippen LogP contribution >= 0.6 is 0 Å². The number of carbonyl (C=O) groups is 1. The zero-order valence-corrected chi connectivity index (χ0v) is 22.0. The lowest BCUT2D eigenvalue weighted by atomic mass is 9.93. The molecule has 194 valence electrons. The Labute approximate surface area is 211 Å². The minimum Gasteiger partial charge on any atom is -0.618 e. The van der Waals surface area contributed by atoms with Crippen LogP contribution in [0.4, 0.5) is 0 Å². The Morgan fingerprint density at radius 3 is 2.00 bits per heavy atom. The second kappa shape index (κ2) is 11.8. The van der Waals surface area contributed by atoms with Gasteiger partial charge in [0.15, 0.2) is 23.0 Å². The molecule has 9 heteroatoms. The SMILES string of the molecule is CCOC(=O)c1c(-c2ccc(OC)c(OC)c2)c2cc(OC)c(OC)cc2[n+]([O-])c1CN(CC)CC. The molecule has 0 saturated carbocycles. The lowest BCUT2D eigenvalue weighted by Gasteiger charge is -2.22. The van der Waals surface area contributed by atoms with Gasteiger partial charge < -0.3 is 28.9 Å². The number of benzene rings is 2. The Bertz CT molecular complexity index is 1240. The van der Waals surface area contributed by atoms with Gasteiger partial charge in [0, 0.05) is 5.56 Å². The molecule has 0 amide bonds. The Hall–Kier alpha value is -3.72. The number of nitrogens with zero attached hydrogens (tertiary/aromatic N) is 2. The number of rotatable bonds is 11. The number of carbonyl (C=O) groups excluding carboxylic acids is 1. The highest BCUT2D eigenvalue weighted by molar-refractivity contribution is 6.07. The van der Waals surface area contributed by atoms with E-state index in [0.717, 1.165) is 4.73 Å².